The molecule has 1 rings (SSSR count). The summed E-state index contributed by atoms with van der Waals surface area (Å²) in [7, 11) is 1.38. The van der Waals surface area contributed by atoms with Crippen LogP contribution >= 0.6 is 0 Å². The third-order valence-corrected chi connectivity index (χ3v) is 2.28. The van der Waals surface area contributed by atoms with Crippen molar-refractivity contribution in [2.75, 3.05) is 7.11 Å². The number of ether oxygens (including phenoxy) is 1. The van der Waals surface area contributed by atoms with Crippen molar-refractivity contribution in [2.24, 2.45) is 5.92 Å². The van der Waals surface area contributed by atoms with Crippen LogP contribution in [0.4, 0.5) is 0 Å². The van der Waals surface area contributed by atoms with Crippen LogP contribution in [0.2, 0.25) is 0 Å². The predicted molar refractivity (Wildman–Crippen MR) is 40.0 cm³/mol. The second kappa shape index (κ2) is 3.72. The number of aliphatic hydroxyl groups excluding tert-OH is 1. The molecule has 0 aromatic heterocycles. The number of carbonyl (C=O) groups excluding carboxylic acids is 1. The van der Waals surface area contributed by atoms with Crippen molar-refractivity contribution in [3.05, 3.63) is 0 Å². The smallest absolute Gasteiger partial charge is 0.305 e. The lowest BCUT2D eigenvalue weighted by Gasteiger charge is -2.11. The number of hydrogen-bond acceptors (Lipinski definition) is 3. The highest BCUT2D eigenvalue weighted by atomic mass is 16.5. The van der Waals surface area contributed by atoms with Gasteiger partial charge >= 0.3 is 5.97 Å². The van der Waals surface area contributed by atoms with Gasteiger partial charge in [-0.25, -0.2) is 0 Å². The zero-order chi connectivity index (χ0) is 8.27. The summed E-state index contributed by atoms with van der Waals surface area (Å²) in [5.74, 6) is -0.0709. The molecule has 0 saturated heterocycles. The van der Waals surface area contributed by atoms with Crippen molar-refractivity contribution in [3.8, 4) is 0 Å². The molecule has 0 unspecified atom stereocenters. The average Bonchev–Trinajstić information content (AvgIpc) is 2.37. The van der Waals surface area contributed by atoms with Gasteiger partial charge in [0.05, 0.1) is 19.6 Å². The van der Waals surface area contributed by atoms with Crippen LogP contribution in [-0.4, -0.2) is 24.3 Å². The molecule has 1 aliphatic rings. The van der Waals surface area contributed by atoms with Gasteiger partial charge in [0.2, 0.25) is 0 Å². The molecule has 0 amide bonds. The van der Waals surface area contributed by atoms with E-state index in [1.54, 1.807) is 0 Å². The number of esters is 1. The summed E-state index contributed by atoms with van der Waals surface area (Å²) in [5.41, 5.74) is 0. The minimum atomic E-state index is -0.283. The number of aliphatic hydroxyl groups is 1. The minimum absolute atomic E-state index is 0.141. The van der Waals surface area contributed by atoms with Crippen LogP contribution in [0.1, 0.15) is 25.7 Å². The van der Waals surface area contributed by atoms with E-state index in [0.717, 1.165) is 19.3 Å². The summed E-state index contributed by atoms with van der Waals surface area (Å²) in [6, 6.07) is 0. The lowest BCUT2D eigenvalue weighted by molar-refractivity contribution is -0.142. The van der Waals surface area contributed by atoms with E-state index < -0.39 is 0 Å². The van der Waals surface area contributed by atoms with E-state index >= 15 is 0 Å². The lowest BCUT2D eigenvalue weighted by Crippen LogP contribution is -2.17. The van der Waals surface area contributed by atoms with Crippen LogP contribution in [0.15, 0.2) is 0 Å². The Hall–Kier alpha value is -0.570. The molecule has 1 saturated carbocycles. The molecule has 2 atom stereocenters. The van der Waals surface area contributed by atoms with Gasteiger partial charge < -0.3 is 9.84 Å². The second-order valence-corrected chi connectivity index (χ2v) is 3.04. The van der Waals surface area contributed by atoms with Crippen LogP contribution in [0.5, 0.6) is 0 Å². The van der Waals surface area contributed by atoms with Crippen molar-refractivity contribution in [1.29, 1.82) is 0 Å². The average molecular weight is 158 g/mol. The number of carbonyl (C=O) groups is 1. The summed E-state index contributed by atoms with van der Waals surface area (Å²) in [6.45, 7) is 0. The third kappa shape index (κ3) is 2.19. The van der Waals surface area contributed by atoms with Crippen LogP contribution in [0.25, 0.3) is 0 Å². The first-order valence-electron chi connectivity index (χ1n) is 3.99. The van der Waals surface area contributed by atoms with Crippen LogP contribution in [0, 0.1) is 5.92 Å². The zero-order valence-corrected chi connectivity index (χ0v) is 6.75. The Labute approximate surface area is 66.4 Å². The molecule has 0 spiro atoms. The molecule has 0 heterocycles. The van der Waals surface area contributed by atoms with Gasteiger partial charge in [-0.05, 0) is 18.8 Å². The fraction of sp³-hybridized carbons (Fsp3) is 0.875. The van der Waals surface area contributed by atoms with E-state index in [-0.39, 0.29) is 18.0 Å². The maximum Gasteiger partial charge on any atom is 0.305 e. The Bertz CT molecular complexity index is 144. The first-order valence-corrected chi connectivity index (χ1v) is 3.99. The van der Waals surface area contributed by atoms with Crippen molar-refractivity contribution < 1.29 is 14.6 Å². The molecule has 0 aromatic rings. The van der Waals surface area contributed by atoms with E-state index in [4.69, 9.17) is 0 Å². The van der Waals surface area contributed by atoms with E-state index in [2.05, 4.69) is 4.74 Å². The topological polar surface area (TPSA) is 46.5 Å². The molecule has 1 aliphatic carbocycles. The maximum atomic E-state index is 10.8. The zero-order valence-electron chi connectivity index (χ0n) is 6.75. The maximum absolute atomic E-state index is 10.8. The van der Waals surface area contributed by atoms with Crippen LogP contribution < -0.4 is 0 Å². The first kappa shape index (κ1) is 8.53. The molecule has 3 nitrogen and oxygen atoms in total. The Morgan fingerprint density at radius 3 is 2.82 bits per heavy atom. The Balaban J connectivity index is 2.30. The summed E-state index contributed by atoms with van der Waals surface area (Å²) in [5, 5.41) is 9.33. The number of hydrogen-bond donors (Lipinski definition) is 1. The first-order chi connectivity index (χ1) is 5.24. The van der Waals surface area contributed by atoms with Gasteiger partial charge in [-0.2, -0.15) is 0 Å². The minimum Gasteiger partial charge on any atom is -0.469 e. The Morgan fingerprint density at radius 2 is 2.36 bits per heavy atom. The van der Waals surface area contributed by atoms with Crippen molar-refractivity contribution in [1.82, 2.24) is 0 Å². The number of rotatable bonds is 2. The molecule has 0 bridgehead atoms. The van der Waals surface area contributed by atoms with E-state index in [1.807, 2.05) is 0 Å². The van der Waals surface area contributed by atoms with Gasteiger partial charge in [0.15, 0.2) is 0 Å². The highest BCUT2D eigenvalue weighted by molar-refractivity contribution is 5.69. The van der Waals surface area contributed by atoms with E-state index in [9.17, 15) is 9.90 Å². The van der Waals surface area contributed by atoms with Gasteiger partial charge in [-0.3, -0.25) is 4.79 Å². The van der Waals surface area contributed by atoms with Gasteiger partial charge in [0, 0.05) is 0 Å². The molecule has 1 N–H and O–H groups in total. The largest absolute Gasteiger partial charge is 0.469 e. The SMILES string of the molecule is COC(=O)C[C@@H]1CCC[C@H]1O. The monoisotopic (exact) mass is 158 g/mol. The molecule has 3 heteroatoms. The molecule has 0 aromatic carbocycles. The summed E-state index contributed by atoms with van der Waals surface area (Å²) < 4.78 is 4.51. The molecular formula is C8H14O3. The fourth-order valence-electron chi connectivity index (χ4n) is 1.55. The van der Waals surface area contributed by atoms with Gasteiger partial charge in [-0.15, -0.1) is 0 Å². The van der Waals surface area contributed by atoms with E-state index in [1.165, 1.54) is 7.11 Å². The van der Waals surface area contributed by atoms with Crippen molar-refractivity contribution in [3.63, 3.8) is 0 Å². The molecule has 64 valence electrons. The number of methoxy groups -OCH3 is 1. The summed E-state index contributed by atoms with van der Waals surface area (Å²) in [4.78, 5) is 10.8. The summed E-state index contributed by atoms with van der Waals surface area (Å²) in [6.07, 6.45) is 2.91. The highest BCUT2D eigenvalue weighted by Crippen LogP contribution is 2.28. The van der Waals surface area contributed by atoms with E-state index in [0.29, 0.717) is 6.42 Å². The summed E-state index contributed by atoms with van der Waals surface area (Å²) >= 11 is 0. The van der Waals surface area contributed by atoms with Crippen LogP contribution in [0.3, 0.4) is 0 Å². The normalized spacial score (nSPS) is 30.4. The Kier molecular flexibility index (Phi) is 2.88. The second-order valence-electron chi connectivity index (χ2n) is 3.04. The molecular weight excluding hydrogens is 144 g/mol. The highest BCUT2D eigenvalue weighted by Gasteiger charge is 2.27. The Morgan fingerprint density at radius 1 is 1.64 bits per heavy atom. The molecule has 0 radical (unpaired) electrons. The van der Waals surface area contributed by atoms with Crippen molar-refractivity contribution >= 4 is 5.97 Å². The molecule has 0 aliphatic heterocycles. The third-order valence-electron chi connectivity index (χ3n) is 2.28. The molecule has 1 fully saturated rings. The van der Waals surface area contributed by atoms with Crippen molar-refractivity contribution in [2.45, 2.75) is 31.8 Å². The quantitative estimate of drug-likeness (QED) is 0.602. The molecule has 11 heavy (non-hydrogen) atoms. The van der Waals surface area contributed by atoms with Gasteiger partial charge in [0.25, 0.3) is 0 Å². The van der Waals surface area contributed by atoms with Gasteiger partial charge in [-0.1, -0.05) is 6.42 Å². The predicted octanol–water partition coefficient (Wildman–Crippen LogP) is 0.710. The standard InChI is InChI=1S/C8H14O3/c1-11-8(10)5-6-3-2-4-7(6)9/h6-7,9H,2-5H2,1H3/t6-,7+/m0/s1. The van der Waals surface area contributed by atoms with Crippen LogP contribution in [-0.2, 0) is 9.53 Å². The fourth-order valence-corrected chi connectivity index (χ4v) is 1.55. The van der Waals surface area contributed by atoms with Gasteiger partial charge in [0.1, 0.15) is 0 Å². The lowest BCUT2D eigenvalue weighted by atomic mass is 10.0.